The van der Waals surface area contributed by atoms with Gasteiger partial charge in [-0.3, -0.25) is 0 Å². The summed E-state index contributed by atoms with van der Waals surface area (Å²) in [5.74, 6) is 5.92. The fraction of sp³-hybridized carbons (Fsp3) is 0.273. The Morgan fingerprint density at radius 3 is 2.85 bits per heavy atom. The van der Waals surface area contributed by atoms with Crippen molar-refractivity contribution in [1.29, 1.82) is 0 Å². The second-order valence-corrected chi connectivity index (χ2v) is 2.90. The van der Waals surface area contributed by atoms with E-state index in [-0.39, 0.29) is 18.3 Å². The summed E-state index contributed by atoms with van der Waals surface area (Å²) in [5, 5.41) is 17.8. The van der Waals surface area contributed by atoms with E-state index in [0.717, 1.165) is 5.56 Å². The van der Waals surface area contributed by atoms with Crippen LogP contribution in [0, 0.1) is 17.8 Å². The first-order valence-corrected chi connectivity index (χ1v) is 4.14. The lowest BCUT2D eigenvalue weighted by Crippen LogP contribution is -1.95. The van der Waals surface area contributed by atoms with Crippen molar-refractivity contribution in [2.75, 3.05) is 6.61 Å². The van der Waals surface area contributed by atoms with Crippen LogP contribution in [-0.4, -0.2) is 16.8 Å². The van der Waals surface area contributed by atoms with Crippen LogP contribution in [0.1, 0.15) is 12.5 Å². The molecule has 68 valence electrons. The standard InChI is InChI=1S/C11H12O2/c1-9(8-12)5-6-10-3-2-4-11(13)7-10/h2-4,7,9,12-13H,8H2,1H3. The van der Waals surface area contributed by atoms with Gasteiger partial charge in [-0.15, -0.1) is 0 Å². The van der Waals surface area contributed by atoms with Crippen molar-refractivity contribution in [2.45, 2.75) is 6.92 Å². The first-order chi connectivity index (χ1) is 6.22. The topological polar surface area (TPSA) is 40.5 Å². The molecule has 1 aromatic carbocycles. The van der Waals surface area contributed by atoms with Crippen LogP contribution in [0.5, 0.6) is 5.75 Å². The molecule has 0 spiro atoms. The number of benzene rings is 1. The third-order valence-corrected chi connectivity index (χ3v) is 1.58. The minimum atomic E-state index is -0.0256. The van der Waals surface area contributed by atoms with Gasteiger partial charge in [-0.25, -0.2) is 0 Å². The number of phenols is 1. The lowest BCUT2D eigenvalue weighted by atomic mass is 10.1. The largest absolute Gasteiger partial charge is 0.508 e. The quantitative estimate of drug-likeness (QED) is 0.634. The number of rotatable bonds is 1. The molecule has 2 N–H and O–H groups in total. The average molecular weight is 176 g/mol. The first kappa shape index (κ1) is 9.63. The van der Waals surface area contributed by atoms with Gasteiger partial charge in [-0.1, -0.05) is 17.9 Å². The maximum absolute atomic E-state index is 9.12. The van der Waals surface area contributed by atoms with Crippen molar-refractivity contribution in [2.24, 2.45) is 5.92 Å². The van der Waals surface area contributed by atoms with Crippen molar-refractivity contribution in [3.05, 3.63) is 29.8 Å². The van der Waals surface area contributed by atoms with Gasteiger partial charge in [0.15, 0.2) is 0 Å². The molecule has 0 aliphatic carbocycles. The van der Waals surface area contributed by atoms with Crippen molar-refractivity contribution in [3.8, 4) is 17.6 Å². The van der Waals surface area contributed by atoms with Gasteiger partial charge in [0.05, 0.1) is 6.61 Å². The highest BCUT2D eigenvalue weighted by Gasteiger charge is 1.92. The Kier molecular flexibility index (Phi) is 3.36. The Hall–Kier alpha value is -1.46. The van der Waals surface area contributed by atoms with E-state index in [1.54, 1.807) is 18.2 Å². The lowest BCUT2D eigenvalue weighted by Gasteiger charge is -1.95. The molecule has 2 nitrogen and oxygen atoms in total. The second-order valence-electron chi connectivity index (χ2n) is 2.90. The molecular weight excluding hydrogens is 164 g/mol. The van der Waals surface area contributed by atoms with Gasteiger partial charge in [0.2, 0.25) is 0 Å². The summed E-state index contributed by atoms with van der Waals surface area (Å²) in [6, 6.07) is 6.75. The van der Waals surface area contributed by atoms with Gasteiger partial charge >= 0.3 is 0 Å². The van der Waals surface area contributed by atoms with Crippen LogP contribution in [0.15, 0.2) is 24.3 Å². The normalized spacial score (nSPS) is 11.5. The number of aromatic hydroxyl groups is 1. The number of aliphatic hydroxyl groups is 1. The van der Waals surface area contributed by atoms with Crippen LogP contribution in [0.3, 0.4) is 0 Å². The fourth-order valence-corrected chi connectivity index (χ4v) is 0.836. The van der Waals surface area contributed by atoms with E-state index in [1.807, 2.05) is 13.0 Å². The van der Waals surface area contributed by atoms with Crippen molar-refractivity contribution in [3.63, 3.8) is 0 Å². The Morgan fingerprint density at radius 1 is 1.46 bits per heavy atom. The highest BCUT2D eigenvalue weighted by atomic mass is 16.3. The van der Waals surface area contributed by atoms with E-state index in [0.29, 0.717) is 0 Å². The lowest BCUT2D eigenvalue weighted by molar-refractivity contribution is 0.266. The number of hydrogen-bond donors (Lipinski definition) is 2. The molecular formula is C11H12O2. The Bertz CT molecular complexity index is 333. The molecule has 0 aliphatic heterocycles. The third-order valence-electron chi connectivity index (χ3n) is 1.58. The summed E-state index contributed by atoms with van der Waals surface area (Å²) < 4.78 is 0. The van der Waals surface area contributed by atoms with E-state index in [4.69, 9.17) is 10.2 Å². The molecule has 0 amide bonds. The molecule has 1 rings (SSSR count). The van der Waals surface area contributed by atoms with Crippen molar-refractivity contribution in [1.82, 2.24) is 0 Å². The summed E-state index contributed by atoms with van der Waals surface area (Å²) in [7, 11) is 0. The van der Waals surface area contributed by atoms with E-state index in [2.05, 4.69) is 11.8 Å². The predicted molar refractivity (Wildman–Crippen MR) is 51.2 cm³/mol. The van der Waals surface area contributed by atoms with Gasteiger partial charge in [-0.2, -0.15) is 0 Å². The molecule has 0 radical (unpaired) electrons. The molecule has 0 saturated heterocycles. The number of aliphatic hydroxyl groups excluding tert-OH is 1. The van der Waals surface area contributed by atoms with Gasteiger partial charge in [0, 0.05) is 11.5 Å². The van der Waals surface area contributed by atoms with Gasteiger partial charge in [0.25, 0.3) is 0 Å². The molecule has 0 bridgehead atoms. The SMILES string of the molecule is CC(C#Cc1cccc(O)c1)CO. The van der Waals surface area contributed by atoms with Crippen LogP contribution in [0.25, 0.3) is 0 Å². The summed E-state index contributed by atoms with van der Waals surface area (Å²) in [5.41, 5.74) is 0.764. The average Bonchev–Trinajstić information content (AvgIpc) is 2.14. The van der Waals surface area contributed by atoms with E-state index >= 15 is 0 Å². The summed E-state index contributed by atoms with van der Waals surface area (Å²) in [6.07, 6.45) is 0. The zero-order chi connectivity index (χ0) is 9.68. The van der Waals surface area contributed by atoms with Crippen LogP contribution >= 0.6 is 0 Å². The Labute approximate surface area is 77.8 Å². The minimum Gasteiger partial charge on any atom is -0.508 e. The minimum absolute atomic E-state index is 0.0256. The van der Waals surface area contributed by atoms with Crippen LogP contribution in [0.2, 0.25) is 0 Å². The molecule has 0 heterocycles. The molecule has 0 saturated carbocycles. The molecule has 2 heteroatoms. The number of hydrogen-bond acceptors (Lipinski definition) is 2. The zero-order valence-electron chi connectivity index (χ0n) is 7.49. The van der Waals surface area contributed by atoms with Gasteiger partial charge in [0.1, 0.15) is 5.75 Å². The monoisotopic (exact) mass is 176 g/mol. The highest BCUT2D eigenvalue weighted by molar-refractivity contribution is 5.39. The highest BCUT2D eigenvalue weighted by Crippen LogP contribution is 2.09. The number of phenolic OH excluding ortho intramolecular Hbond substituents is 1. The second kappa shape index (κ2) is 4.54. The Morgan fingerprint density at radius 2 is 2.23 bits per heavy atom. The molecule has 1 atom stereocenters. The maximum Gasteiger partial charge on any atom is 0.116 e. The van der Waals surface area contributed by atoms with Crippen molar-refractivity contribution < 1.29 is 10.2 Å². The molecule has 0 fully saturated rings. The Balaban J connectivity index is 2.77. The van der Waals surface area contributed by atoms with Gasteiger partial charge < -0.3 is 10.2 Å². The predicted octanol–water partition coefficient (Wildman–Crippen LogP) is 1.37. The van der Waals surface area contributed by atoms with Crippen LogP contribution in [0.4, 0.5) is 0 Å². The van der Waals surface area contributed by atoms with E-state index in [9.17, 15) is 0 Å². The smallest absolute Gasteiger partial charge is 0.116 e. The summed E-state index contributed by atoms with van der Waals surface area (Å²) in [4.78, 5) is 0. The van der Waals surface area contributed by atoms with Crippen molar-refractivity contribution >= 4 is 0 Å². The fourth-order valence-electron chi connectivity index (χ4n) is 0.836. The molecule has 1 aromatic rings. The molecule has 13 heavy (non-hydrogen) atoms. The summed E-state index contributed by atoms with van der Waals surface area (Å²) in [6.45, 7) is 1.90. The van der Waals surface area contributed by atoms with Crippen LogP contribution in [-0.2, 0) is 0 Å². The zero-order valence-corrected chi connectivity index (χ0v) is 7.49. The van der Waals surface area contributed by atoms with Gasteiger partial charge in [-0.05, 0) is 25.1 Å². The van der Waals surface area contributed by atoms with Crippen LogP contribution < -0.4 is 0 Å². The summed E-state index contributed by atoms with van der Waals surface area (Å²) >= 11 is 0. The third kappa shape index (κ3) is 3.18. The molecule has 0 aliphatic rings. The molecule has 0 aromatic heterocycles. The maximum atomic E-state index is 9.12. The molecule has 1 unspecified atom stereocenters. The van der Waals surface area contributed by atoms with E-state index in [1.165, 1.54) is 0 Å². The van der Waals surface area contributed by atoms with E-state index < -0.39 is 0 Å². The first-order valence-electron chi connectivity index (χ1n) is 4.14.